The van der Waals surface area contributed by atoms with Gasteiger partial charge in [-0.2, -0.15) is 0 Å². The Kier molecular flexibility index (Phi) is 7.48. The molecular weight excluding hydrogens is 292 g/mol. The summed E-state index contributed by atoms with van der Waals surface area (Å²) >= 11 is 0. The van der Waals surface area contributed by atoms with E-state index < -0.39 is 0 Å². The van der Waals surface area contributed by atoms with Crippen LogP contribution in [-0.2, 0) is 9.59 Å². The van der Waals surface area contributed by atoms with Crippen LogP contribution in [0.1, 0.15) is 45.6 Å². The zero-order valence-corrected chi connectivity index (χ0v) is 14.1. The van der Waals surface area contributed by atoms with Crippen LogP contribution >= 0.6 is 0 Å². The number of benzene rings is 1. The van der Waals surface area contributed by atoms with E-state index in [1.165, 1.54) is 13.0 Å². The smallest absolute Gasteiger partial charge is 0.244 e. The van der Waals surface area contributed by atoms with Gasteiger partial charge in [-0.05, 0) is 43.0 Å². The van der Waals surface area contributed by atoms with Gasteiger partial charge in [0.15, 0.2) is 0 Å². The van der Waals surface area contributed by atoms with Crippen LogP contribution in [0.25, 0.3) is 6.08 Å². The molecule has 0 bridgehead atoms. The average Bonchev–Trinajstić information content (AvgIpc) is 2.53. The summed E-state index contributed by atoms with van der Waals surface area (Å²) in [5, 5.41) is 14.9. The molecule has 2 amide bonds. The fraction of sp³-hybridized carbons (Fsp3) is 0.444. The molecule has 126 valence electrons. The van der Waals surface area contributed by atoms with Crippen molar-refractivity contribution < 1.29 is 14.7 Å². The van der Waals surface area contributed by atoms with Crippen LogP contribution in [0, 0.1) is 0 Å². The minimum absolute atomic E-state index is 0.0519. The van der Waals surface area contributed by atoms with E-state index in [1.54, 1.807) is 18.2 Å². The van der Waals surface area contributed by atoms with E-state index in [0.717, 1.165) is 24.1 Å². The van der Waals surface area contributed by atoms with Crippen molar-refractivity contribution in [3.8, 4) is 0 Å². The fourth-order valence-electron chi connectivity index (χ4n) is 2.41. The van der Waals surface area contributed by atoms with E-state index in [9.17, 15) is 14.7 Å². The lowest BCUT2D eigenvalue weighted by Gasteiger charge is -2.31. The Hall–Kier alpha value is -2.14. The number of carbonyl (C=O) groups is 2. The minimum atomic E-state index is -0.356. The Morgan fingerprint density at radius 2 is 1.78 bits per heavy atom. The third-order valence-electron chi connectivity index (χ3n) is 3.99. The third-order valence-corrected chi connectivity index (χ3v) is 3.99. The summed E-state index contributed by atoms with van der Waals surface area (Å²) in [6.45, 7) is 5.52. The summed E-state index contributed by atoms with van der Waals surface area (Å²) in [6.07, 6.45) is 5.31. The SMILES string of the molecule is CCC(CC)(CCO)NC(=O)/C=C/c1ccc(NC(C)=O)cc1. The molecule has 3 N–H and O–H groups in total. The molecule has 5 nitrogen and oxygen atoms in total. The third kappa shape index (κ3) is 6.24. The molecule has 23 heavy (non-hydrogen) atoms. The lowest BCUT2D eigenvalue weighted by Crippen LogP contribution is -2.47. The van der Waals surface area contributed by atoms with Crippen LogP contribution in [0.4, 0.5) is 5.69 Å². The largest absolute Gasteiger partial charge is 0.396 e. The van der Waals surface area contributed by atoms with Crippen molar-refractivity contribution in [2.75, 3.05) is 11.9 Å². The number of hydrogen-bond acceptors (Lipinski definition) is 3. The molecule has 0 saturated heterocycles. The molecule has 0 spiro atoms. The standard InChI is InChI=1S/C18H26N2O3/c1-4-18(5-2,12-13-21)20-17(23)11-8-15-6-9-16(10-7-15)19-14(3)22/h6-11,21H,4-5,12-13H2,1-3H3,(H,19,22)(H,20,23)/b11-8+. The van der Waals surface area contributed by atoms with Gasteiger partial charge in [0, 0.05) is 30.8 Å². The van der Waals surface area contributed by atoms with E-state index in [-0.39, 0.29) is 24.0 Å². The lowest BCUT2D eigenvalue weighted by molar-refractivity contribution is -0.118. The van der Waals surface area contributed by atoms with Crippen molar-refractivity contribution in [1.82, 2.24) is 5.32 Å². The lowest BCUT2D eigenvalue weighted by atomic mass is 9.89. The molecule has 5 heteroatoms. The van der Waals surface area contributed by atoms with Gasteiger partial charge < -0.3 is 15.7 Å². The molecule has 0 unspecified atom stereocenters. The highest BCUT2D eigenvalue weighted by molar-refractivity contribution is 5.92. The van der Waals surface area contributed by atoms with E-state index in [0.29, 0.717) is 6.42 Å². The summed E-state index contributed by atoms with van der Waals surface area (Å²) in [5.41, 5.74) is 1.24. The highest BCUT2D eigenvalue weighted by Crippen LogP contribution is 2.19. The Bertz CT molecular complexity index is 546. The van der Waals surface area contributed by atoms with Crippen molar-refractivity contribution in [1.29, 1.82) is 0 Å². The van der Waals surface area contributed by atoms with Crippen molar-refractivity contribution in [2.45, 2.75) is 45.6 Å². The maximum Gasteiger partial charge on any atom is 0.244 e. The summed E-state index contributed by atoms with van der Waals surface area (Å²) in [6, 6.07) is 7.23. The number of rotatable bonds is 8. The van der Waals surface area contributed by atoms with Gasteiger partial charge in [-0.1, -0.05) is 26.0 Å². The minimum Gasteiger partial charge on any atom is -0.396 e. The van der Waals surface area contributed by atoms with Gasteiger partial charge >= 0.3 is 0 Å². The van der Waals surface area contributed by atoms with Gasteiger partial charge in [0.1, 0.15) is 0 Å². The van der Waals surface area contributed by atoms with Crippen molar-refractivity contribution in [3.63, 3.8) is 0 Å². The molecule has 0 heterocycles. The summed E-state index contributed by atoms with van der Waals surface area (Å²) in [5.74, 6) is -0.292. The van der Waals surface area contributed by atoms with Gasteiger partial charge in [-0.15, -0.1) is 0 Å². The first kappa shape index (κ1) is 18.9. The number of hydrogen-bond donors (Lipinski definition) is 3. The molecule has 1 rings (SSSR count). The molecule has 0 aliphatic rings. The van der Waals surface area contributed by atoms with E-state index in [4.69, 9.17) is 0 Å². The second kappa shape index (κ2) is 9.10. The fourth-order valence-corrected chi connectivity index (χ4v) is 2.41. The molecule has 0 aliphatic carbocycles. The molecule has 0 atom stereocenters. The zero-order chi connectivity index (χ0) is 17.3. The monoisotopic (exact) mass is 318 g/mol. The Morgan fingerprint density at radius 3 is 2.26 bits per heavy atom. The van der Waals surface area contributed by atoms with Crippen molar-refractivity contribution in [2.24, 2.45) is 0 Å². The van der Waals surface area contributed by atoms with E-state index in [2.05, 4.69) is 10.6 Å². The number of aliphatic hydroxyl groups excluding tert-OH is 1. The molecule has 0 aliphatic heterocycles. The van der Waals surface area contributed by atoms with Crippen LogP contribution in [-0.4, -0.2) is 29.1 Å². The molecule has 0 saturated carbocycles. The first-order valence-electron chi connectivity index (χ1n) is 7.93. The van der Waals surface area contributed by atoms with E-state index >= 15 is 0 Å². The zero-order valence-electron chi connectivity index (χ0n) is 14.1. The Balaban J connectivity index is 2.68. The molecular formula is C18H26N2O3. The van der Waals surface area contributed by atoms with Crippen LogP contribution in [0.5, 0.6) is 0 Å². The van der Waals surface area contributed by atoms with Gasteiger partial charge in [-0.25, -0.2) is 0 Å². The highest BCUT2D eigenvalue weighted by atomic mass is 16.3. The predicted molar refractivity (Wildman–Crippen MR) is 92.9 cm³/mol. The van der Waals surface area contributed by atoms with Crippen LogP contribution in [0.3, 0.4) is 0 Å². The molecule has 0 radical (unpaired) electrons. The molecule has 1 aromatic rings. The van der Waals surface area contributed by atoms with Crippen molar-refractivity contribution in [3.05, 3.63) is 35.9 Å². The Morgan fingerprint density at radius 1 is 1.17 bits per heavy atom. The molecule has 0 aromatic heterocycles. The number of nitrogens with one attached hydrogen (secondary N) is 2. The Labute approximate surface area is 137 Å². The topological polar surface area (TPSA) is 78.4 Å². The summed E-state index contributed by atoms with van der Waals surface area (Å²) in [7, 11) is 0. The number of amides is 2. The molecule has 0 fully saturated rings. The molecule has 1 aromatic carbocycles. The van der Waals surface area contributed by atoms with Crippen molar-refractivity contribution >= 4 is 23.6 Å². The summed E-state index contributed by atoms with van der Waals surface area (Å²) in [4.78, 5) is 23.1. The maximum atomic E-state index is 12.1. The highest BCUT2D eigenvalue weighted by Gasteiger charge is 2.26. The van der Waals surface area contributed by atoms with Gasteiger partial charge in [0.25, 0.3) is 0 Å². The normalized spacial score (nSPS) is 11.5. The first-order valence-corrected chi connectivity index (χ1v) is 7.93. The second-order valence-electron chi connectivity index (χ2n) is 5.59. The average molecular weight is 318 g/mol. The van der Waals surface area contributed by atoms with Gasteiger partial charge in [-0.3, -0.25) is 9.59 Å². The predicted octanol–water partition coefficient (Wildman–Crippen LogP) is 2.72. The van der Waals surface area contributed by atoms with Crippen LogP contribution < -0.4 is 10.6 Å². The number of aliphatic hydroxyl groups is 1. The first-order chi connectivity index (χ1) is 10.9. The van der Waals surface area contributed by atoms with Gasteiger partial charge in [0.2, 0.25) is 11.8 Å². The second-order valence-corrected chi connectivity index (χ2v) is 5.59. The summed E-state index contributed by atoms with van der Waals surface area (Å²) < 4.78 is 0. The number of carbonyl (C=O) groups excluding carboxylic acids is 2. The van der Waals surface area contributed by atoms with Crippen LogP contribution in [0.2, 0.25) is 0 Å². The van der Waals surface area contributed by atoms with E-state index in [1.807, 2.05) is 26.0 Å². The maximum absolute atomic E-state index is 12.1. The van der Waals surface area contributed by atoms with Crippen LogP contribution in [0.15, 0.2) is 30.3 Å². The quantitative estimate of drug-likeness (QED) is 0.645. The van der Waals surface area contributed by atoms with Gasteiger partial charge in [0.05, 0.1) is 0 Å². The number of anilines is 1.